The summed E-state index contributed by atoms with van der Waals surface area (Å²) in [6.07, 6.45) is 0. The van der Waals surface area contributed by atoms with Crippen LogP contribution in [0.25, 0.3) is 0 Å². The summed E-state index contributed by atoms with van der Waals surface area (Å²) in [6, 6.07) is 16.2. The molecule has 162 valence electrons. The van der Waals surface area contributed by atoms with Gasteiger partial charge in [-0.2, -0.15) is 0 Å². The average molecular weight is 456 g/mol. The van der Waals surface area contributed by atoms with Crippen molar-refractivity contribution in [3.63, 3.8) is 0 Å². The Labute approximate surface area is 187 Å². The number of thiophene rings is 1. The van der Waals surface area contributed by atoms with E-state index in [1.54, 1.807) is 41.8 Å². The summed E-state index contributed by atoms with van der Waals surface area (Å²) in [5, 5.41) is 1.72. The molecule has 0 radical (unpaired) electrons. The molecule has 3 aromatic rings. The summed E-state index contributed by atoms with van der Waals surface area (Å²) in [5.74, 6) is -0.0340. The summed E-state index contributed by atoms with van der Waals surface area (Å²) in [5.41, 5.74) is 4.77. The van der Waals surface area contributed by atoms with Crippen molar-refractivity contribution < 1.29 is 13.2 Å². The van der Waals surface area contributed by atoms with E-state index >= 15 is 0 Å². The van der Waals surface area contributed by atoms with Crippen molar-refractivity contribution >= 4 is 38.6 Å². The first-order chi connectivity index (χ1) is 14.8. The van der Waals surface area contributed by atoms with E-state index in [-0.39, 0.29) is 10.1 Å². The molecule has 4 rings (SSSR count). The molecule has 6 nitrogen and oxygen atoms in total. The lowest BCUT2D eigenvalue weighted by Gasteiger charge is -2.37. The first kappa shape index (κ1) is 21.4. The van der Waals surface area contributed by atoms with Crippen LogP contribution in [0.3, 0.4) is 0 Å². The number of amides is 1. The van der Waals surface area contributed by atoms with Crippen LogP contribution in [-0.2, 0) is 10.0 Å². The molecule has 0 unspecified atom stereocenters. The van der Waals surface area contributed by atoms with Gasteiger partial charge in [-0.05, 0) is 66.8 Å². The van der Waals surface area contributed by atoms with Gasteiger partial charge in [-0.1, -0.05) is 18.2 Å². The Bertz CT molecular complexity index is 1170. The Morgan fingerprint density at radius 3 is 2.29 bits per heavy atom. The van der Waals surface area contributed by atoms with Gasteiger partial charge in [-0.25, -0.2) is 8.42 Å². The highest BCUT2D eigenvalue weighted by Gasteiger charge is 2.23. The second-order valence-corrected chi connectivity index (χ2v) is 10.5. The Morgan fingerprint density at radius 2 is 1.65 bits per heavy atom. The molecule has 2 aromatic carbocycles. The lowest BCUT2D eigenvalue weighted by Crippen LogP contribution is -2.49. The first-order valence-electron chi connectivity index (χ1n) is 10.1. The molecule has 2 heterocycles. The van der Waals surface area contributed by atoms with E-state index in [9.17, 15) is 13.2 Å². The van der Waals surface area contributed by atoms with E-state index in [4.69, 9.17) is 0 Å². The topological polar surface area (TPSA) is 69.7 Å². The van der Waals surface area contributed by atoms with Crippen molar-refractivity contribution in [2.75, 3.05) is 35.8 Å². The van der Waals surface area contributed by atoms with Crippen molar-refractivity contribution in [3.8, 4) is 0 Å². The van der Waals surface area contributed by atoms with Gasteiger partial charge >= 0.3 is 0 Å². The zero-order chi connectivity index (χ0) is 22.0. The van der Waals surface area contributed by atoms with Gasteiger partial charge in [0.25, 0.3) is 15.9 Å². The first-order valence-corrected chi connectivity index (χ1v) is 12.5. The molecule has 31 heavy (non-hydrogen) atoms. The number of aryl methyl sites for hydroxylation is 1. The number of hydrogen-bond donors (Lipinski definition) is 1. The third-order valence-electron chi connectivity index (χ3n) is 5.63. The van der Waals surface area contributed by atoms with Crippen LogP contribution in [0.1, 0.15) is 21.5 Å². The van der Waals surface area contributed by atoms with E-state index in [1.807, 2.05) is 4.90 Å². The zero-order valence-corrected chi connectivity index (χ0v) is 19.2. The van der Waals surface area contributed by atoms with E-state index in [0.717, 1.165) is 24.4 Å². The van der Waals surface area contributed by atoms with Crippen LogP contribution in [0, 0.1) is 13.8 Å². The highest BCUT2D eigenvalue weighted by atomic mass is 32.2. The van der Waals surface area contributed by atoms with E-state index in [1.165, 1.54) is 16.8 Å². The molecular weight excluding hydrogens is 430 g/mol. The van der Waals surface area contributed by atoms with E-state index < -0.39 is 10.0 Å². The highest BCUT2D eigenvalue weighted by Crippen LogP contribution is 2.25. The van der Waals surface area contributed by atoms with Crippen LogP contribution < -0.4 is 9.62 Å². The Kier molecular flexibility index (Phi) is 6.02. The number of benzene rings is 2. The maximum Gasteiger partial charge on any atom is 0.271 e. The van der Waals surface area contributed by atoms with Gasteiger partial charge in [0.15, 0.2) is 0 Å². The number of carbonyl (C=O) groups excluding carboxylic acids is 1. The Balaban J connectivity index is 1.39. The van der Waals surface area contributed by atoms with Crippen molar-refractivity contribution in [3.05, 3.63) is 76.7 Å². The van der Waals surface area contributed by atoms with E-state index in [2.05, 4.69) is 41.7 Å². The fourth-order valence-electron chi connectivity index (χ4n) is 3.71. The number of carbonyl (C=O) groups is 1. The van der Waals surface area contributed by atoms with Crippen LogP contribution in [0.4, 0.5) is 11.4 Å². The Hall–Kier alpha value is -2.84. The number of nitrogens with one attached hydrogen (secondary N) is 1. The number of rotatable bonds is 5. The minimum Gasteiger partial charge on any atom is -0.368 e. The normalized spacial score (nSPS) is 14.5. The minimum absolute atomic E-state index is 0.0340. The Morgan fingerprint density at radius 1 is 0.935 bits per heavy atom. The van der Waals surface area contributed by atoms with Gasteiger partial charge in [0.1, 0.15) is 4.21 Å². The average Bonchev–Trinajstić information content (AvgIpc) is 3.32. The lowest BCUT2D eigenvalue weighted by atomic mass is 10.1. The standard InChI is InChI=1S/C23H25N3O3S2/c1-17-5-3-6-21(18(17)2)25-12-14-26(15-13-25)23(27)19-8-10-20(11-9-19)24-31(28,29)22-7-4-16-30-22/h3-11,16,24H,12-15H2,1-2H3. The second kappa shape index (κ2) is 8.72. The molecule has 8 heteroatoms. The summed E-state index contributed by atoms with van der Waals surface area (Å²) < 4.78 is 27.5. The molecule has 1 fully saturated rings. The number of anilines is 2. The van der Waals surface area contributed by atoms with Crippen LogP contribution in [-0.4, -0.2) is 45.4 Å². The molecule has 1 aliphatic rings. The van der Waals surface area contributed by atoms with Gasteiger partial charge in [-0.3, -0.25) is 9.52 Å². The monoisotopic (exact) mass is 455 g/mol. The molecule has 1 aliphatic heterocycles. The van der Waals surface area contributed by atoms with Gasteiger partial charge in [0.2, 0.25) is 0 Å². The maximum absolute atomic E-state index is 12.9. The molecule has 1 saturated heterocycles. The predicted molar refractivity (Wildman–Crippen MR) is 126 cm³/mol. The summed E-state index contributed by atoms with van der Waals surface area (Å²) in [4.78, 5) is 17.1. The largest absolute Gasteiger partial charge is 0.368 e. The van der Waals surface area contributed by atoms with Crippen LogP contribution in [0.15, 0.2) is 64.2 Å². The molecule has 1 amide bonds. The molecule has 1 aromatic heterocycles. The fourth-order valence-corrected chi connectivity index (χ4v) is 5.77. The van der Waals surface area contributed by atoms with Crippen LogP contribution in [0.2, 0.25) is 0 Å². The van der Waals surface area contributed by atoms with Crippen molar-refractivity contribution in [2.24, 2.45) is 0 Å². The summed E-state index contributed by atoms with van der Waals surface area (Å²) >= 11 is 1.16. The van der Waals surface area contributed by atoms with Crippen molar-refractivity contribution in [2.45, 2.75) is 18.1 Å². The third-order valence-corrected chi connectivity index (χ3v) is 8.41. The predicted octanol–water partition coefficient (Wildman–Crippen LogP) is 4.13. The van der Waals surface area contributed by atoms with Gasteiger partial charge < -0.3 is 9.80 Å². The van der Waals surface area contributed by atoms with Crippen molar-refractivity contribution in [1.82, 2.24) is 4.90 Å². The third kappa shape index (κ3) is 4.60. The van der Waals surface area contributed by atoms with Gasteiger partial charge in [0, 0.05) is 43.1 Å². The highest BCUT2D eigenvalue weighted by molar-refractivity contribution is 7.94. The molecule has 0 spiro atoms. The number of piperazine rings is 1. The number of nitrogens with zero attached hydrogens (tertiary/aromatic N) is 2. The van der Waals surface area contributed by atoms with Crippen molar-refractivity contribution in [1.29, 1.82) is 0 Å². The van der Waals surface area contributed by atoms with E-state index in [0.29, 0.717) is 24.3 Å². The van der Waals surface area contributed by atoms with Gasteiger partial charge in [0.05, 0.1) is 0 Å². The van der Waals surface area contributed by atoms with Gasteiger partial charge in [-0.15, -0.1) is 11.3 Å². The SMILES string of the molecule is Cc1cccc(N2CCN(C(=O)c3ccc(NS(=O)(=O)c4cccs4)cc3)CC2)c1C. The minimum atomic E-state index is -3.60. The lowest BCUT2D eigenvalue weighted by molar-refractivity contribution is 0.0747. The number of hydrogen-bond acceptors (Lipinski definition) is 5. The second-order valence-electron chi connectivity index (χ2n) is 7.61. The maximum atomic E-state index is 12.9. The molecule has 0 saturated carbocycles. The smallest absolute Gasteiger partial charge is 0.271 e. The molecule has 0 aliphatic carbocycles. The molecule has 0 atom stereocenters. The molecule has 0 bridgehead atoms. The zero-order valence-electron chi connectivity index (χ0n) is 17.5. The summed E-state index contributed by atoms with van der Waals surface area (Å²) in [6.45, 7) is 7.13. The van der Waals surface area contributed by atoms with Crippen LogP contribution in [0.5, 0.6) is 0 Å². The van der Waals surface area contributed by atoms with Crippen LogP contribution >= 0.6 is 11.3 Å². The molecular formula is C23H25N3O3S2. The number of sulfonamides is 1. The fraction of sp³-hybridized carbons (Fsp3) is 0.261. The summed E-state index contributed by atoms with van der Waals surface area (Å²) in [7, 11) is -3.60. The quantitative estimate of drug-likeness (QED) is 0.628. The molecule has 1 N–H and O–H groups in total.